The number of hydrogen-bond donors (Lipinski definition) is 2. The second-order valence-electron chi connectivity index (χ2n) is 4.27. The zero-order valence-electron chi connectivity index (χ0n) is 10.00. The summed E-state index contributed by atoms with van der Waals surface area (Å²) in [5.74, 6) is 0.334. The molecule has 0 heterocycles. The van der Waals surface area contributed by atoms with Crippen LogP contribution in [0.3, 0.4) is 0 Å². The number of rotatable bonds is 5. The van der Waals surface area contributed by atoms with Crippen LogP contribution in [0.15, 0.2) is 17.0 Å². The lowest BCUT2D eigenvalue weighted by molar-refractivity contribution is 0.100. The minimum atomic E-state index is -0.631. The highest BCUT2D eigenvalue weighted by atomic mass is 32.2. The second-order valence-corrected chi connectivity index (χ2v) is 5.40. The van der Waals surface area contributed by atoms with Crippen molar-refractivity contribution >= 4 is 23.4 Å². The van der Waals surface area contributed by atoms with Crippen LogP contribution < -0.4 is 11.5 Å². The van der Waals surface area contributed by atoms with Gasteiger partial charge in [-0.2, -0.15) is 0 Å². The van der Waals surface area contributed by atoms with Crippen LogP contribution in [0.1, 0.15) is 30.6 Å². The van der Waals surface area contributed by atoms with Crippen LogP contribution >= 0.6 is 11.8 Å². The van der Waals surface area contributed by atoms with Gasteiger partial charge in [-0.05, 0) is 30.2 Å². The van der Waals surface area contributed by atoms with Gasteiger partial charge >= 0.3 is 0 Å². The van der Waals surface area contributed by atoms with Crippen LogP contribution in [-0.4, -0.2) is 11.7 Å². The Bertz CT molecular complexity index is 421. The van der Waals surface area contributed by atoms with Crippen molar-refractivity contribution in [3.05, 3.63) is 23.5 Å². The highest BCUT2D eigenvalue weighted by Gasteiger charge is 2.12. The van der Waals surface area contributed by atoms with Gasteiger partial charge in [0.05, 0.1) is 5.56 Å². The average molecular weight is 256 g/mol. The highest BCUT2D eigenvalue weighted by molar-refractivity contribution is 7.99. The fourth-order valence-corrected chi connectivity index (χ4v) is 2.50. The summed E-state index contributed by atoms with van der Waals surface area (Å²) in [4.78, 5) is 11.5. The maximum Gasteiger partial charge on any atom is 0.250 e. The van der Waals surface area contributed by atoms with Crippen LogP contribution in [-0.2, 0) is 0 Å². The van der Waals surface area contributed by atoms with Crippen molar-refractivity contribution in [1.29, 1.82) is 0 Å². The van der Waals surface area contributed by atoms with Crippen LogP contribution in [0.5, 0.6) is 0 Å². The number of thioether (sulfide) groups is 1. The predicted octanol–water partition coefficient (Wildman–Crippen LogP) is 2.64. The van der Waals surface area contributed by atoms with Gasteiger partial charge in [0.1, 0.15) is 5.82 Å². The summed E-state index contributed by atoms with van der Waals surface area (Å²) in [7, 11) is 0. The number of hydrogen-bond acceptors (Lipinski definition) is 3. The molecule has 0 atom stereocenters. The van der Waals surface area contributed by atoms with Gasteiger partial charge in [-0.1, -0.05) is 13.8 Å². The summed E-state index contributed by atoms with van der Waals surface area (Å²) in [6.07, 6.45) is 0.986. The quantitative estimate of drug-likeness (QED) is 0.628. The van der Waals surface area contributed by atoms with Gasteiger partial charge in [0.25, 0.3) is 5.91 Å². The van der Waals surface area contributed by atoms with Crippen molar-refractivity contribution in [1.82, 2.24) is 0 Å². The number of carbonyl (C=O) groups excluding carboxylic acids is 1. The standard InChI is InChI=1S/C12H17FN2OS/c1-7(2)3-4-17-11-5-8(12(15)16)10(14)6-9(11)13/h5-7H,3-4,14H2,1-2H3,(H2,15,16). The summed E-state index contributed by atoms with van der Waals surface area (Å²) < 4.78 is 13.6. The Morgan fingerprint density at radius 1 is 1.47 bits per heavy atom. The zero-order valence-corrected chi connectivity index (χ0v) is 10.8. The van der Waals surface area contributed by atoms with Crippen LogP contribution in [0.4, 0.5) is 10.1 Å². The summed E-state index contributed by atoms with van der Waals surface area (Å²) in [5.41, 5.74) is 10.9. The largest absolute Gasteiger partial charge is 0.398 e. The third kappa shape index (κ3) is 3.93. The zero-order chi connectivity index (χ0) is 13.0. The first-order chi connectivity index (χ1) is 7.91. The Morgan fingerprint density at radius 2 is 2.12 bits per heavy atom. The molecule has 1 amide bonds. The van der Waals surface area contributed by atoms with E-state index >= 15 is 0 Å². The molecule has 0 radical (unpaired) electrons. The maximum absolute atomic E-state index is 13.6. The third-order valence-electron chi connectivity index (χ3n) is 2.32. The summed E-state index contributed by atoms with van der Waals surface area (Å²) >= 11 is 1.38. The van der Waals surface area contributed by atoms with Crippen molar-refractivity contribution in [3.63, 3.8) is 0 Å². The van der Waals surface area contributed by atoms with E-state index in [1.165, 1.54) is 17.8 Å². The highest BCUT2D eigenvalue weighted by Crippen LogP contribution is 2.27. The van der Waals surface area contributed by atoms with Gasteiger partial charge in [-0.3, -0.25) is 4.79 Å². The Morgan fingerprint density at radius 3 is 2.65 bits per heavy atom. The molecule has 17 heavy (non-hydrogen) atoms. The molecule has 0 aliphatic carbocycles. The minimum absolute atomic E-state index is 0.0863. The molecule has 0 saturated heterocycles. The number of carbonyl (C=O) groups is 1. The molecule has 0 fully saturated rings. The Hall–Kier alpha value is -1.23. The number of anilines is 1. The van der Waals surface area contributed by atoms with Crippen molar-refractivity contribution < 1.29 is 9.18 Å². The summed E-state index contributed by atoms with van der Waals surface area (Å²) in [6, 6.07) is 2.58. The Kier molecular flexibility index (Phi) is 4.81. The Balaban J connectivity index is 2.84. The molecule has 94 valence electrons. The molecule has 5 heteroatoms. The lowest BCUT2D eigenvalue weighted by atomic mass is 10.1. The average Bonchev–Trinajstić information content (AvgIpc) is 2.20. The monoisotopic (exact) mass is 256 g/mol. The predicted molar refractivity (Wildman–Crippen MR) is 69.5 cm³/mol. The van der Waals surface area contributed by atoms with E-state index in [1.807, 2.05) is 0 Å². The first kappa shape index (κ1) is 13.8. The fourth-order valence-electron chi connectivity index (χ4n) is 1.30. The normalized spacial score (nSPS) is 10.8. The summed E-state index contributed by atoms with van der Waals surface area (Å²) in [5, 5.41) is 0. The van der Waals surface area contributed by atoms with Crippen molar-refractivity contribution in [3.8, 4) is 0 Å². The Labute approximate surface area is 105 Å². The molecule has 0 spiro atoms. The molecular formula is C12H17FN2OS. The van der Waals surface area contributed by atoms with E-state index in [0.29, 0.717) is 10.8 Å². The van der Waals surface area contributed by atoms with Crippen LogP contribution in [0, 0.1) is 11.7 Å². The molecule has 0 bridgehead atoms. The molecule has 4 N–H and O–H groups in total. The second kappa shape index (κ2) is 5.91. The molecule has 0 aromatic heterocycles. The van der Waals surface area contributed by atoms with E-state index in [1.54, 1.807) is 0 Å². The van der Waals surface area contributed by atoms with Crippen LogP contribution in [0.25, 0.3) is 0 Å². The van der Waals surface area contributed by atoms with E-state index in [4.69, 9.17) is 11.5 Å². The molecule has 3 nitrogen and oxygen atoms in total. The lowest BCUT2D eigenvalue weighted by Gasteiger charge is -2.08. The van der Waals surface area contributed by atoms with E-state index in [9.17, 15) is 9.18 Å². The topological polar surface area (TPSA) is 69.1 Å². The molecule has 1 aromatic carbocycles. The summed E-state index contributed by atoms with van der Waals surface area (Å²) in [6.45, 7) is 4.21. The van der Waals surface area contributed by atoms with Gasteiger partial charge in [-0.25, -0.2) is 4.39 Å². The van der Waals surface area contributed by atoms with Gasteiger partial charge < -0.3 is 11.5 Å². The van der Waals surface area contributed by atoms with Crippen molar-refractivity contribution in [2.45, 2.75) is 25.2 Å². The first-order valence-corrected chi connectivity index (χ1v) is 6.42. The maximum atomic E-state index is 13.6. The lowest BCUT2D eigenvalue weighted by Crippen LogP contribution is -2.14. The molecule has 0 aliphatic heterocycles. The van der Waals surface area contributed by atoms with E-state index in [0.717, 1.165) is 18.2 Å². The van der Waals surface area contributed by atoms with Gasteiger partial charge in [0, 0.05) is 10.6 Å². The molecular weight excluding hydrogens is 239 g/mol. The van der Waals surface area contributed by atoms with Gasteiger partial charge in [0.2, 0.25) is 0 Å². The first-order valence-electron chi connectivity index (χ1n) is 5.43. The van der Waals surface area contributed by atoms with Crippen LogP contribution in [0.2, 0.25) is 0 Å². The van der Waals surface area contributed by atoms with Crippen molar-refractivity contribution in [2.24, 2.45) is 11.7 Å². The fraction of sp³-hybridized carbons (Fsp3) is 0.417. The SMILES string of the molecule is CC(C)CCSc1cc(C(N)=O)c(N)cc1F. The number of nitrogen functional groups attached to an aromatic ring is 1. The molecule has 1 aromatic rings. The van der Waals surface area contributed by atoms with E-state index < -0.39 is 11.7 Å². The number of benzene rings is 1. The van der Waals surface area contributed by atoms with Gasteiger partial charge in [0.15, 0.2) is 0 Å². The van der Waals surface area contributed by atoms with E-state index in [2.05, 4.69) is 13.8 Å². The molecule has 0 unspecified atom stereocenters. The number of nitrogens with two attached hydrogens (primary N) is 2. The number of primary amides is 1. The molecule has 0 saturated carbocycles. The molecule has 1 rings (SSSR count). The smallest absolute Gasteiger partial charge is 0.250 e. The third-order valence-corrected chi connectivity index (χ3v) is 3.39. The number of amides is 1. The van der Waals surface area contributed by atoms with E-state index in [-0.39, 0.29) is 11.3 Å². The van der Waals surface area contributed by atoms with Crippen molar-refractivity contribution in [2.75, 3.05) is 11.5 Å². The number of halogens is 1. The minimum Gasteiger partial charge on any atom is -0.398 e. The molecule has 0 aliphatic rings. The van der Waals surface area contributed by atoms with Gasteiger partial charge in [-0.15, -0.1) is 11.8 Å².